The van der Waals surface area contributed by atoms with E-state index in [1.54, 1.807) is 19.1 Å². The van der Waals surface area contributed by atoms with Gasteiger partial charge in [0.15, 0.2) is 0 Å². The van der Waals surface area contributed by atoms with Crippen LogP contribution >= 0.6 is 0 Å². The number of hydrogen-bond acceptors (Lipinski definition) is 2. The zero-order valence-corrected chi connectivity index (χ0v) is 15.9. The highest BCUT2D eigenvalue weighted by molar-refractivity contribution is 5.89. The molecular formula is C23H25NO3. The van der Waals surface area contributed by atoms with Gasteiger partial charge in [0.05, 0.1) is 5.56 Å². The molecule has 1 saturated heterocycles. The van der Waals surface area contributed by atoms with Gasteiger partial charge in [-0.15, -0.1) is 0 Å². The number of carboxylic acids is 1. The van der Waals surface area contributed by atoms with Gasteiger partial charge in [0.25, 0.3) is 0 Å². The van der Waals surface area contributed by atoms with E-state index >= 15 is 0 Å². The lowest BCUT2D eigenvalue weighted by Gasteiger charge is -2.32. The van der Waals surface area contributed by atoms with E-state index in [2.05, 4.69) is 24.3 Å². The highest BCUT2D eigenvalue weighted by atomic mass is 16.4. The SMILES string of the molecule is CC(=O)N1CCC2(CC1)C[C@H]2c1ccc(-c2ccc(C(=O)O)cc2C)cc1. The molecule has 1 amide bonds. The number of carboxylic acid groups (broad SMARTS) is 1. The Hall–Kier alpha value is -2.62. The van der Waals surface area contributed by atoms with Crippen molar-refractivity contribution < 1.29 is 14.7 Å². The number of likely N-dealkylation sites (tertiary alicyclic amines) is 1. The Kier molecular flexibility index (Phi) is 4.29. The molecule has 1 N–H and O–H groups in total. The second-order valence-corrected chi connectivity index (χ2v) is 8.08. The van der Waals surface area contributed by atoms with Gasteiger partial charge >= 0.3 is 5.97 Å². The van der Waals surface area contributed by atoms with E-state index in [4.69, 9.17) is 5.11 Å². The average Bonchev–Trinajstić information content (AvgIpc) is 3.35. The molecule has 1 spiro atoms. The first kappa shape index (κ1) is 17.8. The van der Waals surface area contributed by atoms with Crippen molar-refractivity contribution in [3.8, 4) is 11.1 Å². The molecular weight excluding hydrogens is 338 g/mol. The van der Waals surface area contributed by atoms with Gasteiger partial charge < -0.3 is 10.0 Å². The van der Waals surface area contributed by atoms with Gasteiger partial charge in [-0.2, -0.15) is 0 Å². The summed E-state index contributed by atoms with van der Waals surface area (Å²) in [6.45, 7) is 5.39. The Morgan fingerprint density at radius 2 is 1.74 bits per heavy atom. The number of nitrogens with zero attached hydrogens (tertiary/aromatic N) is 1. The quantitative estimate of drug-likeness (QED) is 0.875. The Balaban J connectivity index is 1.48. The Bertz CT molecular complexity index is 892. The molecule has 2 aromatic carbocycles. The van der Waals surface area contributed by atoms with Crippen LogP contribution in [-0.2, 0) is 4.79 Å². The molecule has 0 bridgehead atoms. The smallest absolute Gasteiger partial charge is 0.335 e. The van der Waals surface area contributed by atoms with Crippen LogP contribution in [0.25, 0.3) is 11.1 Å². The van der Waals surface area contributed by atoms with Crippen molar-refractivity contribution in [2.45, 2.75) is 39.0 Å². The molecule has 140 valence electrons. The molecule has 0 unspecified atom stereocenters. The second-order valence-electron chi connectivity index (χ2n) is 8.08. The van der Waals surface area contributed by atoms with Crippen molar-refractivity contribution in [1.82, 2.24) is 4.90 Å². The van der Waals surface area contributed by atoms with Crippen LogP contribution in [0.2, 0.25) is 0 Å². The lowest BCUT2D eigenvalue weighted by molar-refractivity contribution is -0.130. The number of aryl methyl sites for hydroxylation is 1. The minimum absolute atomic E-state index is 0.190. The van der Waals surface area contributed by atoms with Crippen LogP contribution in [0.1, 0.15) is 53.6 Å². The van der Waals surface area contributed by atoms with Crippen LogP contribution < -0.4 is 0 Å². The monoisotopic (exact) mass is 363 g/mol. The zero-order valence-electron chi connectivity index (χ0n) is 15.9. The maximum atomic E-state index is 11.5. The molecule has 2 fully saturated rings. The minimum Gasteiger partial charge on any atom is -0.478 e. The summed E-state index contributed by atoms with van der Waals surface area (Å²) in [6.07, 6.45) is 3.44. The summed E-state index contributed by atoms with van der Waals surface area (Å²) in [5, 5.41) is 9.12. The van der Waals surface area contributed by atoms with Crippen LogP contribution in [0.3, 0.4) is 0 Å². The second kappa shape index (κ2) is 6.52. The number of hydrogen-bond donors (Lipinski definition) is 1. The summed E-state index contributed by atoms with van der Waals surface area (Å²) >= 11 is 0. The van der Waals surface area contributed by atoms with Crippen LogP contribution in [0.5, 0.6) is 0 Å². The highest BCUT2D eigenvalue weighted by Crippen LogP contribution is 2.64. The van der Waals surface area contributed by atoms with Crippen molar-refractivity contribution in [3.63, 3.8) is 0 Å². The van der Waals surface area contributed by atoms with Crippen LogP contribution in [0, 0.1) is 12.3 Å². The zero-order chi connectivity index (χ0) is 19.2. The highest BCUT2D eigenvalue weighted by Gasteiger charge is 2.55. The number of piperidine rings is 1. The van der Waals surface area contributed by atoms with Crippen LogP contribution in [0.15, 0.2) is 42.5 Å². The fraction of sp³-hybridized carbons (Fsp3) is 0.391. The molecule has 1 aliphatic heterocycles. The summed E-state index contributed by atoms with van der Waals surface area (Å²) in [5.41, 5.74) is 5.27. The summed E-state index contributed by atoms with van der Waals surface area (Å²) in [6, 6.07) is 14.0. The number of carbonyl (C=O) groups is 2. The maximum absolute atomic E-state index is 11.5. The maximum Gasteiger partial charge on any atom is 0.335 e. The lowest BCUT2D eigenvalue weighted by Crippen LogP contribution is -2.38. The number of rotatable bonds is 3. The van der Waals surface area contributed by atoms with Gasteiger partial charge in [0.1, 0.15) is 0 Å². The first-order chi connectivity index (χ1) is 12.9. The lowest BCUT2D eigenvalue weighted by atomic mass is 9.88. The molecule has 0 radical (unpaired) electrons. The predicted octanol–water partition coefficient (Wildman–Crippen LogP) is 4.48. The van der Waals surface area contributed by atoms with E-state index in [1.165, 1.54) is 12.0 Å². The standard InChI is InChI=1S/C23H25NO3/c1-15-13-19(22(26)27)7-8-20(15)17-3-5-18(6-4-17)21-14-23(21)9-11-24(12-10-23)16(2)25/h3-8,13,21H,9-12,14H2,1-2H3,(H,26,27)/t21-/m0/s1. The van der Waals surface area contributed by atoms with Gasteiger partial charge in [-0.1, -0.05) is 30.3 Å². The number of carbonyl (C=O) groups excluding carboxylic acids is 1. The van der Waals surface area contributed by atoms with E-state index in [9.17, 15) is 9.59 Å². The molecule has 4 rings (SSSR count). The molecule has 4 heteroatoms. The summed E-state index contributed by atoms with van der Waals surface area (Å²) in [4.78, 5) is 24.6. The molecule has 1 heterocycles. The summed E-state index contributed by atoms with van der Waals surface area (Å²) in [7, 11) is 0. The van der Waals surface area contributed by atoms with Gasteiger partial charge in [0, 0.05) is 20.0 Å². The Labute approximate surface area is 159 Å². The van der Waals surface area contributed by atoms with E-state index in [-0.39, 0.29) is 5.91 Å². The molecule has 2 aromatic rings. The fourth-order valence-electron chi connectivity index (χ4n) is 4.65. The topological polar surface area (TPSA) is 57.6 Å². The van der Waals surface area contributed by atoms with Crippen molar-refractivity contribution >= 4 is 11.9 Å². The number of amides is 1. The fourth-order valence-corrected chi connectivity index (χ4v) is 4.65. The van der Waals surface area contributed by atoms with Crippen molar-refractivity contribution in [2.24, 2.45) is 5.41 Å². The summed E-state index contributed by atoms with van der Waals surface area (Å²) < 4.78 is 0. The molecule has 27 heavy (non-hydrogen) atoms. The molecule has 1 aliphatic carbocycles. The van der Waals surface area contributed by atoms with Gasteiger partial charge in [-0.25, -0.2) is 4.79 Å². The van der Waals surface area contributed by atoms with Gasteiger partial charge in [-0.3, -0.25) is 4.79 Å². The van der Waals surface area contributed by atoms with E-state index in [1.807, 2.05) is 17.9 Å². The van der Waals surface area contributed by atoms with Gasteiger partial charge in [0.2, 0.25) is 5.91 Å². The van der Waals surface area contributed by atoms with Crippen molar-refractivity contribution in [2.75, 3.05) is 13.1 Å². The number of aromatic carboxylic acids is 1. The Morgan fingerprint density at radius 3 is 2.30 bits per heavy atom. The van der Waals surface area contributed by atoms with Gasteiger partial charge in [-0.05, 0) is 71.9 Å². The van der Waals surface area contributed by atoms with Crippen LogP contribution in [0.4, 0.5) is 0 Å². The minimum atomic E-state index is -0.894. The van der Waals surface area contributed by atoms with Crippen LogP contribution in [-0.4, -0.2) is 35.0 Å². The van der Waals surface area contributed by atoms with E-state index < -0.39 is 5.97 Å². The first-order valence-corrected chi connectivity index (χ1v) is 9.59. The predicted molar refractivity (Wildman–Crippen MR) is 105 cm³/mol. The number of benzene rings is 2. The third-order valence-corrected chi connectivity index (χ3v) is 6.49. The van der Waals surface area contributed by atoms with Crippen molar-refractivity contribution in [3.05, 3.63) is 59.2 Å². The normalized spacial score (nSPS) is 20.5. The van der Waals surface area contributed by atoms with E-state index in [0.29, 0.717) is 16.9 Å². The molecule has 1 saturated carbocycles. The Morgan fingerprint density at radius 1 is 1.07 bits per heavy atom. The molecule has 1 atom stereocenters. The largest absolute Gasteiger partial charge is 0.478 e. The third kappa shape index (κ3) is 3.25. The van der Waals surface area contributed by atoms with Crippen molar-refractivity contribution in [1.29, 1.82) is 0 Å². The first-order valence-electron chi connectivity index (χ1n) is 9.59. The molecule has 4 nitrogen and oxygen atoms in total. The molecule has 0 aromatic heterocycles. The van der Waals surface area contributed by atoms with E-state index in [0.717, 1.165) is 42.6 Å². The summed E-state index contributed by atoms with van der Waals surface area (Å²) in [5.74, 6) is -0.0957. The molecule has 2 aliphatic rings. The average molecular weight is 363 g/mol. The third-order valence-electron chi connectivity index (χ3n) is 6.49.